The maximum atomic E-state index is 11.6. The molecule has 23 heavy (non-hydrogen) atoms. The average Bonchev–Trinajstić information content (AvgIpc) is 3.11. The number of fused-ring (bicyclic) bond motifs is 3. The number of carbonyl (C=O) groups excluding carboxylic acids is 1. The molecule has 0 unspecified atom stereocenters. The number of rotatable bonds is 2. The lowest BCUT2D eigenvalue weighted by atomic mass is 10.1. The molecule has 3 aromatic heterocycles. The largest absolute Gasteiger partial charge is 0.355 e. The first-order chi connectivity index (χ1) is 11.2. The summed E-state index contributed by atoms with van der Waals surface area (Å²) >= 11 is 7.42. The van der Waals surface area contributed by atoms with Gasteiger partial charge in [0.05, 0.1) is 11.2 Å². The highest BCUT2D eigenvalue weighted by molar-refractivity contribution is 7.23. The lowest BCUT2D eigenvalue weighted by molar-refractivity contribution is 0.0963. The van der Waals surface area contributed by atoms with Crippen LogP contribution in [0.3, 0.4) is 0 Å². The molecular formula is C16H11ClN4OS. The second-order valence-electron chi connectivity index (χ2n) is 5.00. The molecule has 0 aliphatic carbocycles. The van der Waals surface area contributed by atoms with Crippen molar-refractivity contribution in [1.29, 1.82) is 0 Å². The van der Waals surface area contributed by atoms with Gasteiger partial charge in [0.25, 0.3) is 5.91 Å². The van der Waals surface area contributed by atoms with E-state index in [0.29, 0.717) is 10.7 Å². The second-order valence-corrected chi connectivity index (χ2v) is 6.34. The summed E-state index contributed by atoms with van der Waals surface area (Å²) in [4.78, 5) is 22.3. The highest BCUT2D eigenvalue weighted by Gasteiger charge is 2.12. The molecule has 4 rings (SSSR count). The lowest BCUT2D eigenvalue weighted by Crippen LogP contribution is -2.17. The molecule has 0 aliphatic heterocycles. The van der Waals surface area contributed by atoms with Gasteiger partial charge in [0.1, 0.15) is 9.98 Å². The van der Waals surface area contributed by atoms with Crippen molar-refractivity contribution in [1.82, 2.24) is 19.7 Å². The van der Waals surface area contributed by atoms with Gasteiger partial charge in [0.15, 0.2) is 4.96 Å². The van der Waals surface area contributed by atoms with Crippen LogP contribution in [0.1, 0.15) is 10.4 Å². The van der Waals surface area contributed by atoms with Gasteiger partial charge in [-0.25, -0.2) is 9.97 Å². The zero-order valence-electron chi connectivity index (χ0n) is 12.1. The number of pyridine rings is 1. The number of imidazole rings is 1. The summed E-state index contributed by atoms with van der Waals surface area (Å²) in [6.07, 6.45) is 1.97. The Morgan fingerprint density at radius 2 is 1.96 bits per heavy atom. The summed E-state index contributed by atoms with van der Waals surface area (Å²) in [5.74, 6) is -0.101. The Labute approximate surface area is 140 Å². The first-order valence-corrected chi connectivity index (χ1v) is 8.12. The molecule has 0 spiro atoms. The highest BCUT2D eigenvalue weighted by Crippen LogP contribution is 2.29. The molecule has 0 fully saturated rings. The summed E-state index contributed by atoms with van der Waals surface area (Å²) in [7, 11) is 1.62. The van der Waals surface area contributed by atoms with E-state index < -0.39 is 0 Å². The summed E-state index contributed by atoms with van der Waals surface area (Å²) in [6, 6.07) is 11.1. The van der Waals surface area contributed by atoms with E-state index in [2.05, 4.69) is 15.3 Å². The van der Waals surface area contributed by atoms with Crippen LogP contribution in [-0.4, -0.2) is 27.3 Å². The van der Waals surface area contributed by atoms with Gasteiger partial charge in [-0.1, -0.05) is 35.1 Å². The van der Waals surface area contributed by atoms with E-state index in [-0.39, 0.29) is 5.91 Å². The molecular weight excluding hydrogens is 332 g/mol. The molecule has 0 bridgehead atoms. The molecule has 0 aliphatic rings. The van der Waals surface area contributed by atoms with Gasteiger partial charge < -0.3 is 5.32 Å². The summed E-state index contributed by atoms with van der Waals surface area (Å²) in [6.45, 7) is 0. The lowest BCUT2D eigenvalue weighted by Gasteiger charge is -2.01. The third-order valence-corrected chi connectivity index (χ3v) is 4.77. The standard InChI is InChI=1S/C16H11ClN4OS/c1-18-14(22)10-4-2-9(3-5-10)11-8-21-12-6-7-13(17)20-15(12)23-16(21)19-11/h2-8H,1H3,(H,18,22). The Balaban J connectivity index is 1.78. The molecule has 5 nitrogen and oxygen atoms in total. The Morgan fingerprint density at radius 1 is 1.17 bits per heavy atom. The molecule has 1 amide bonds. The number of nitrogens with zero attached hydrogens (tertiary/aromatic N) is 3. The molecule has 7 heteroatoms. The van der Waals surface area contributed by atoms with Crippen molar-refractivity contribution in [2.75, 3.05) is 7.05 Å². The van der Waals surface area contributed by atoms with Crippen molar-refractivity contribution in [3.8, 4) is 11.3 Å². The third kappa shape index (κ3) is 2.36. The van der Waals surface area contributed by atoms with Gasteiger partial charge in [0, 0.05) is 24.4 Å². The predicted molar refractivity (Wildman–Crippen MR) is 92.2 cm³/mol. The van der Waals surface area contributed by atoms with Crippen LogP contribution in [0.25, 0.3) is 26.6 Å². The number of amides is 1. The summed E-state index contributed by atoms with van der Waals surface area (Å²) in [5.41, 5.74) is 3.43. The van der Waals surface area contributed by atoms with E-state index in [4.69, 9.17) is 11.6 Å². The normalized spacial score (nSPS) is 11.2. The van der Waals surface area contributed by atoms with Crippen molar-refractivity contribution in [2.24, 2.45) is 0 Å². The number of halogens is 1. The van der Waals surface area contributed by atoms with Crippen LogP contribution < -0.4 is 5.32 Å². The van der Waals surface area contributed by atoms with Crippen LogP contribution in [0, 0.1) is 0 Å². The number of nitrogens with one attached hydrogen (secondary N) is 1. The van der Waals surface area contributed by atoms with E-state index in [1.807, 2.05) is 28.8 Å². The molecule has 4 aromatic rings. The monoisotopic (exact) mass is 342 g/mol. The fourth-order valence-electron chi connectivity index (χ4n) is 2.44. The molecule has 0 radical (unpaired) electrons. The Morgan fingerprint density at radius 3 is 2.70 bits per heavy atom. The fourth-order valence-corrected chi connectivity index (χ4v) is 3.62. The zero-order chi connectivity index (χ0) is 16.0. The summed E-state index contributed by atoms with van der Waals surface area (Å²) in [5, 5.41) is 3.09. The minimum Gasteiger partial charge on any atom is -0.355 e. The van der Waals surface area contributed by atoms with Crippen LogP contribution in [0.15, 0.2) is 42.6 Å². The maximum absolute atomic E-state index is 11.6. The second kappa shape index (κ2) is 5.33. The molecule has 0 saturated carbocycles. The first-order valence-electron chi connectivity index (χ1n) is 6.92. The maximum Gasteiger partial charge on any atom is 0.251 e. The van der Waals surface area contributed by atoms with E-state index in [1.165, 1.54) is 11.3 Å². The zero-order valence-corrected chi connectivity index (χ0v) is 13.6. The smallest absolute Gasteiger partial charge is 0.251 e. The van der Waals surface area contributed by atoms with Gasteiger partial charge in [-0.3, -0.25) is 9.20 Å². The van der Waals surface area contributed by atoms with Crippen LogP contribution in [0.4, 0.5) is 0 Å². The highest BCUT2D eigenvalue weighted by atomic mass is 35.5. The predicted octanol–water partition coefficient (Wildman–Crippen LogP) is 3.62. The van der Waals surface area contributed by atoms with E-state index in [0.717, 1.165) is 26.6 Å². The van der Waals surface area contributed by atoms with Crippen LogP contribution in [0.5, 0.6) is 0 Å². The fraction of sp³-hybridized carbons (Fsp3) is 0.0625. The number of hydrogen-bond acceptors (Lipinski definition) is 4. The van der Waals surface area contributed by atoms with Gasteiger partial charge in [-0.2, -0.15) is 0 Å². The Hall–Kier alpha value is -2.44. The Bertz CT molecular complexity index is 1040. The first kappa shape index (κ1) is 14.2. The van der Waals surface area contributed by atoms with Crippen LogP contribution >= 0.6 is 22.9 Å². The van der Waals surface area contributed by atoms with Gasteiger partial charge in [0.2, 0.25) is 0 Å². The number of aromatic nitrogens is 3. The topological polar surface area (TPSA) is 59.3 Å². The van der Waals surface area contributed by atoms with Crippen molar-refractivity contribution in [2.45, 2.75) is 0 Å². The summed E-state index contributed by atoms with van der Waals surface area (Å²) < 4.78 is 2.01. The van der Waals surface area contributed by atoms with Crippen LogP contribution in [0.2, 0.25) is 5.15 Å². The number of benzene rings is 1. The molecule has 3 heterocycles. The molecule has 1 N–H and O–H groups in total. The van der Waals surface area contributed by atoms with Crippen molar-refractivity contribution < 1.29 is 4.79 Å². The van der Waals surface area contributed by atoms with E-state index >= 15 is 0 Å². The molecule has 1 aromatic carbocycles. The van der Waals surface area contributed by atoms with Gasteiger partial charge >= 0.3 is 0 Å². The Kier molecular flexibility index (Phi) is 3.28. The molecule has 0 saturated heterocycles. The third-order valence-electron chi connectivity index (χ3n) is 3.60. The number of hydrogen-bond donors (Lipinski definition) is 1. The average molecular weight is 343 g/mol. The van der Waals surface area contributed by atoms with Gasteiger partial charge in [-0.15, -0.1) is 0 Å². The van der Waals surface area contributed by atoms with E-state index in [9.17, 15) is 4.79 Å². The van der Waals surface area contributed by atoms with Crippen molar-refractivity contribution >= 4 is 44.2 Å². The van der Waals surface area contributed by atoms with Crippen molar-refractivity contribution in [3.63, 3.8) is 0 Å². The van der Waals surface area contributed by atoms with Gasteiger partial charge in [-0.05, 0) is 24.3 Å². The molecule has 114 valence electrons. The number of carbonyl (C=O) groups is 1. The van der Waals surface area contributed by atoms with Crippen LogP contribution in [-0.2, 0) is 0 Å². The number of thiazole rings is 1. The minimum absolute atomic E-state index is 0.101. The van der Waals surface area contributed by atoms with E-state index in [1.54, 1.807) is 25.2 Å². The molecule has 0 atom stereocenters. The van der Waals surface area contributed by atoms with Crippen molar-refractivity contribution in [3.05, 3.63) is 53.3 Å². The quantitative estimate of drug-likeness (QED) is 0.566. The SMILES string of the molecule is CNC(=O)c1ccc(-c2cn3c(n2)sc2nc(Cl)ccc23)cc1. The minimum atomic E-state index is -0.101.